The van der Waals surface area contributed by atoms with Crippen LogP contribution >= 0.6 is 11.6 Å². The van der Waals surface area contributed by atoms with E-state index in [-0.39, 0.29) is 31.3 Å². The molecule has 0 fully saturated rings. The predicted molar refractivity (Wildman–Crippen MR) is 133 cm³/mol. The average Bonchev–Trinajstić information content (AvgIpc) is 2.75. The molecular formula is C24H32ClN3O4S. The van der Waals surface area contributed by atoms with Crippen LogP contribution in [0.3, 0.4) is 0 Å². The molecule has 7 nitrogen and oxygen atoms in total. The number of halogens is 1. The Balaban J connectivity index is 2.18. The number of hydrogen-bond donors (Lipinski definition) is 1. The summed E-state index contributed by atoms with van der Waals surface area (Å²) in [5, 5.41) is 3.03. The molecule has 2 rings (SSSR count). The highest BCUT2D eigenvalue weighted by Gasteiger charge is 2.26. The predicted octanol–water partition coefficient (Wildman–Crippen LogP) is 3.67. The van der Waals surface area contributed by atoms with Crippen molar-refractivity contribution < 1.29 is 18.0 Å². The first-order valence-electron chi connectivity index (χ1n) is 10.7. The fraction of sp³-hybridized carbons (Fsp3) is 0.417. The van der Waals surface area contributed by atoms with Crippen molar-refractivity contribution in [2.75, 3.05) is 24.2 Å². The number of carbonyl (C=O) groups excluding carboxylic acids is 2. The van der Waals surface area contributed by atoms with Crippen LogP contribution in [0.4, 0.5) is 5.69 Å². The molecule has 0 spiro atoms. The lowest BCUT2D eigenvalue weighted by Gasteiger charge is -2.29. The minimum Gasteiger partial charge on any atom is -0.357 e. The molecule has 33 heavy (non-hydrogen) atoms. The van der Waals surface area contributed by atoms with Crippen molar-refractivity contribution in [1.82, 2.24) is 10.2 Å². The molecule has 2 aromatic carbocycles. The Morgan fingerprint density at radius 1 is 1.12 bits per heavy atom. The molecule has 0 saturated carbocycles. The van der Waals surface area contributed by atoms with Gasteiger partial charge in [-0.05, 0) is 50.5 Å². The van der Waals surface area contributed by atoms with Crippen LogP contribution in [0.1, 0.15) is 36.5 Å². The molecule has 9 heteroatoms. The lowest BCUT2D eigenvalue weighted by Crippen LogP contribution is -2.46. The first-order valence-corrected chi connectivity index (χ1v) is 13.0. The van der Waals surface area contributed by atoms with Gasteiger partial charge in [-0.1, -0.05) is 47.5 Å². The zero-order chi connectivity index (χ0) is 24.8. The highest BCUT2D eigenvalue weighted by atomic mass is 35.5. The van der Waals surface area contributed by atoms with Gasteiger partial charge in [-0.2, -0.15) is 0 Å². The maximum Gasteiger partial charge on any atom is 0.242 e. The number of rotatable bonds is 10. The summed E-state index contributed by atoms with van der Waals surface area (Å²) in [7, 11) is -2.04. The average molecular weight is 494 g/mol. The minimum absolute atomic E-state index is 0.0960. The van der Waals surface area contributed by atoms with Crippen LogP contribution in [0.15, 0.2) is 42.5 Å². The second kappa shape index (κ2) is 11.5. The SMILES string of the molecule is CNC(=O)C(C)N(Cc1cccc(C)c1)C(=O)CCCN(c1cc(Cl)ccc1C)S(C)(=O)=O. The third-order valence-electron chi connectivity index (χ3n) is 5.44. The van der Waals surface area contributed by atoms with Crippen LogP contribution in [-0.4, -0.2) is 51.0 Å². The normalized spacial score (nSPS) is 12.2. The van der Waals surface area contributed by atoms with E-state index in [4.69, 9.17) is 11.6 Å². The first kappa shape index (κ1) is 26.7. The van der Waals surface area contributed by atoms with Crippen LogP contribution in [0.25, 0.3) is 0 Å². The van der Waals surface area contributed by atoms with E-state index in [2.05, 4.69) is 5.32 Å². The van der Waals surface area contributed by atoms with Crippen LogP contribution in [-0.2, 0) is 26.2 Å². The molecule has 1 atom stereocenters. The van der Waals surface area contributed by atoms with Crippen molar-refractivity contribution in [2.45, 2.75) is 46.2 Å². The van der Waals surface area contributed by atoms with Gasteiger partial charge < -0.3 is 10.2 Å². The van der Waals surface area contributed by atoms with Crippen molar-refractivity contribution >= 4 is 39.1 Å². The summed E-state index contributed by atoms with van der Waals surface area (Å²) in [6.07, 6.45) is 1.52. The van der Waals surface area contributed by atoms with Crippen molar-refractivity contribution in [3.63, 3.8) is 0 Å². The van der Waals surface area contributed by atoms with Gasteiger partial charge in [-0.3, -0.25) is 13.9 Å². The number of carbonyl (C=O) groups is 2. The number of likely N-dealkylation sites (N-methyl/N-ethyl adjacent to an activating group) is 1. The third kappa shape index (κ3) is 7.47. The summed E-state index contributed by atoms with van der Waals surface area (Å²) in [6.45, 7) is 5.88. The number of benzene rings is 2. The molecule has 0 aromatic heterocycles. The second-order valence-corrected chi connectivity index (χ2v) is 10.5. The maximum absolute atomic E-state index is 13.1. The summed E-state index contributed by atoms with van der Waals surface area (Å²) >= 11 is 6.08. The van der Waals surface area contributed by atoms with E-state index < -0.39 is 16.1 Å². The number of anilines is 1. The molecule has 0 radical (unpaired) electrons. The number of amides is 2. The van der Waals surface area contributed by atoms with Crippen LogP contribution < -0.4 is 9.62 Å². The third-order valence-corrected chi connectivity index (χ3v) is 6.86. The molecule has 2 aromatic rings. The molecule has 0 aliphatic rings. The quantitative estimate of drug-likeness (QED) is 0.547. The van der Waals surface area contributed by atoms with Gasteiger partial charge in [0.05, 0.1) is 11.9 Å². The lowest BCUT2D eigenvalue weighted by molar-refractivity contribution is -0.140. The molecule has 180 valence electrons. The van der Waals surface area contributed by atoms with E-state index in [9.17, 15) is 18.0 Å². The fourth-order valence-electron chi connectivity index (χ4n) is 3.63. The molecule has 0 aliphatic carbocycles. The summed E-state index contributed by atoms with van der Waals surface area (Å²) < 4.78 is 26.2. The second-order valence-electron chi connectivity index (χ2n) is 8.17. The maximum atomic E-state index is 13.1. The first-order chi connectivity index (χ1) is 15.4. The van der Waals surface area contributed by atoms with E-state index in [0.29, 0.717) is 17.1 Å². The van der Waals surface area contributed by atoms with Crippen LogP contribution in [0, 0.1) is 13.8 Å². The molecule has 1 N–H and O–H groups in total. The van der Waals surface area contributed by atoms with E-state index in [1.807, 2.05) is 38.1 Å². The summed E-state index contributed by atoms with van der Waals surface area (Å²) in [5.74, 6) is -0.479. The highest BCUT2D eigenvalue weighted by Crippen LogP contribution is 2.27. The van der Waals surface area contributed by atoms with Gasteiger partial charge in [0.1, 0.15) is 6.04 Å². The van der Waals surface area contributed by atoms with E-state index in [1.54, 1.807) is 25.1 Å². The van der Waals surface area contributed by atoms with Gasteiger partial charge in [0.25, 0.3) is 0 Å². The molecular weight excluding hydrogens is 462 g/mol. The molecule has 0 saturated heterocycles. The van der Waals surface area contributed by atoms with Gasteiger partial charge in [0, 0.05) is 31.6 Å². The van der Waals surface area contributed by atoms with Crippen molar-refractivity contribution in [3.05, 3.63) is 64.2 Å². The number of nitrogens with zero attached hydrogens (tertiary/aromatic N) is 2. The van der Waals surface area contributed by atoms with E-state index >= 15 is 0 Å². The fourth-order valence-corrected chi connectivity index (χ4v) is 4.81. The van der Waals surface area contributed by atoms with Crippen LogP contribution in [0.5, 0.6) is 0 Å². The van der Waals surface area contributed by atoms with Gasteiger partial charge in [-0.25, -0.2) is 8.42 Å². The number of hydrogen-bond acceptors (Lipinski definition) is 4. The zero-order valence-electron chi connectivity index (χ0n) is 19.8. The molecule has 0 heterocycles. The highest BCUT2D eigenvalue weighted by molar-refractivity contribution is 7.92. The van der Waals surface area contributed by atoms with Crippen molar-refractivity contribution in [3.8, 4) is 0 Å². The smallest absolute Gasteiger partial charge is 0.242 e. The Kier molecular flexibility index (Phi) is 9.31. The topological polar surface area (TPSA) is 86.8 Å². The Labute approximate surface area is 201 Å². The Morgan fingerprint density at radius 2 is 1.82 bits per heavy atom. The lowest BCUT2D eigenvalue weighted by atomic mass is 10.1. The van der Waals surface area contributed by atoms with Crippen molar-refractivity contribution in [2.24, 2.45) is 0 Å². The Hall–Kier alpha value is -2.58. The molecule has 0 aliphatic heterocycles. The Bertz CT molecular complexity index is 1100. The molecule has 0 bridgehead atoms. The largest absolute Gasteiger partial charge is 0.357 e. The zero-order valence-corrected chi connectivity index (χ0v) is 21.3. The Morgan fingerprint density at radius 3 is 2.42 bits per heavy atom. The van der Waals surface area contributed by atoms with Crippen LogP contribution in [0.2, 0.25) is 5.02 Å². The minimum atomic E-state index is -3.58. The number of nitrogens with one attached hydrogen (secondary N) is 1. The summed E-state index contributed by atoms with van der Waals surface area (Å²) in [6, 6.07) is 12.2. The number of sulfonamides is 1. The standard InChI is InChI=1S/C24H32ClN3O4S/c1-17-8-6-9-20(14-17)16-27(19(3)24(30)26-4)23(29)10-7-13-28(33(5,31)32)22-15-21(25)12-11-18(22)2/h6,8-9,11-12,14-15,19H,7,10,13,16H2,1-5H3,(H,26,30). The van der Waals surface area contributed by atoms with Gasteiger partial charge in [0.15, 0.2) is 0 Å². The summed E-state index contributed by atoms with van der Waals surface area (Å²) in [4.78, 5) is 26.9. The van der Waals surface area contributed by atoms with Gasteiger partial charge in [-0.15, -0.1) is 0 Å². The number of aryl methyl sites for hydroxylation is 2. The van der Waals surface area contributed by atoms with E-state index in [0.717, 1.165) is 22.9 Å². The van der Waals surface area contributed by atoms with Gasteiger partial charge >= 0.3 is 0 Å². The van der Waals surface area contributed by atoms with Crippen molar-refractivity contribution in [1.29, 1.82) is 0 Å². The molecule has 2 amide bonds. The molecule has 1 unspecified atom stereocenters. The monoisotopic (exact) mass is 493 g/mol. The summed E-state index contributed by atoms with van der Waals surface area (Å²) in [5.41, 5.74) is 3.25. The van der Waals surface area contributed by atoms with E-state index in [1.165, 1.54) is 16.3 Å². The van der Waals surface area contributed by atoms with Gasteiger partial charge in [0.2, 0.25) is 21.8 Å².